The lowest BCUT2D eigenvalue weighted by Gasteiger charge is -2.32. The second-order valence-electron chi connectivity index (χ2n) is 16.0. The Morgan fingerprint density at radius 2 is 0.547 bits per heavy atom. The van der Waals surface area contributed by atoms with E-state index in [2.05, 4.69) is 171 Å². The summed E-state index contributed by atoms with van der Waals surface area (Å²) in [6, 6.07) is 77.5. The van der Waals surface area contributed by atoms with E-state index >= 15 is 0 Å². The van der Waals surface area contributed by atoms with Gasteiger partial charge in [0.25, 0.3) is 0 Å². The van der Waals surface area contributed by atoms with Crippen molar-refractivity contribution in [3.8, 4) is 68.3 Å². The van der Waals surface area contributed by atoms with Crippen LogP contribution in [-0.4, -0.2) is 29.9 Å². The van der Waals surface area contributed by atoms with Crippen LogP contribution < -0.4 is 0 Å². The summed E-state index contributed by atoms with van der Waals surface area (Å²) < 4.78 is 0. The van der Waals surface area contributed by atoms with Crippen molar-refractivity contribution in [2.24, 2.45) is 0 Å². The van der Waals surface area contributed by atoms with Gasteiger partial charge in [0.05, 0.1) is 0 Å². The van der Waals surface area contributed by atoms with Gasteiger partial charge in [-0.25, -0.2) is 29.9 Å². The van der Waals surface area contributed by atoms with E-state index in [0.717, 1.165) is 66.1 Å². The van der Waals surface area contributed by atoms with Crippen LogP contribution in [0.4, 0.5) is 0 Å². The third-order valence-corrected chi connectivity index (χ3v) is 12.2. The van der Waals surface area contributed by atoms with Gasteiger partial charge in [0.2, 0.25) is 0 Å². The first-order chi connectivity index (χ1) is 31.6. The molecule has 302 valence electrons. The molecule has 9 aromatic carbocycles. The van der Waals surface area contributed by atoms with E-state index in [1.54, 1.807) is 0 Å². The van der Waals surface area contributed by atoms with Crippen molar-refractivity contribution < 1.29 is 0 Å². The van der Waals surface area contributed by atoms with Gasteiger partial charge in [-0.2, -0.15) is 0 Å². The lowest BCUT2D eigenvalue weighted by molar-refractivity contribution is 0.692. The van der Waals surface area contributed by atoms with Gasteiger partial charge in [-0.05, 0) is 45.2 Å². The zero-order valence-corrected chi connectivity index (χ0v) is 35.0. The first-order valence-electron chi connectivity index (χ1n) is 21.5. The van der Waals surface area contributed by atoms with Gasteiger partial charge >= 0.3 is 0 Å². The fourth-order valence-corrected chi connectivity index (χ4v) is 8.70. The maximum atomic E-state index is 5.12. The zero-order chi connectivity index (χ0) is 42.9. The summed E-state index contributed by atoms with van der Waals surface area (Å²) in [5.41, 5.74) is 8.53. The summed E-state index contributed by atoms with van der Waals surface area (Å²) in [5.74, 6) is 3.76. The smallest absolute Gasteiger partial charge is 0.164 e. The van der Waals surface area contributed by atoms with Crippen molar-refractivity contribution in [3.05, 3.63) is 241 Å². The molecule has 0 aliphatic rings. The number of benzene rings is 9. The molecule has 0 aliphatic carbocycles. The fourth-order valence-electron chi connectivity index (χ4n) is 8.70. The Morgan fingerprint density at radius 3 is 0.953 bits per heavy atom. The van der Waals surface area contributed by atoms with Crippen LogP contribution in [0, 0.1) is 0 Å². The Morgan fingerprint density at radius 1 is 0.250 bits per heavy atom. The van der Waals surface area contributed by atoms with E-state index in [1.165, 1.54) is 5.56 Å². The minimum atomic E-state index is -0.511. The summed E-state index contributed by atoms with van der Waals surface area (Å²) in [4.78, 5) is 30.4. The van der Waals surface area contributed by atoms with Gasteiger partial charge in [-0.15, -0.1) is 0 Å². The number of hydrogen-bond acceptors (Lipinski definition) is 6. The van der Waals surface area contributed by atoms with E-state index in [4.69, 9.17) is 29.9 Å². The van der Waals surface area contributed by atoms with E-state index in [1.807, 2.05) is 60.7 Å². The van der Waals surface area contributed by atoms with E-state index in [0.29, 0.717) is 34.9 Å². The summed E-state index contributed by atoms with van der Waals surface area (Å²) in [6.45, 7) is 2.29. The molecule has 0 radical (unpaired) electrons. The average molecular weight is 821 g/mol. The standard InChI is InChI=1S/C58H40N6/c1-58(45-25-9-4-10-26-45,46-35-31-43(32-36-46)54-59-52(41-19-5-2-6-20-41)61-56(63-54)50-29-15-23-39-17-11-13-27-48(39)50)47-37-33-44(34-38-47)55-60-53(42-21-7-3-8-22-42)62-57(64-55)51-30-16-24-40-18-12-14-28-49(40)51/h2-38H,1H3. The highest BCUT2D eigenvalue weighted by atomic mass is 15.0. The van der Waals surface area contributed by atoms with Gasteiger partial charge in [-0.3, -0.25) is 0 Å². The predicted molar refractivity (Wildman–Crippen MR) is 259 cm³/mol. The number of fused-ring (bicyclic) bond motifs is 2. The van der Waals surface area contributed by atoms with E-state index in [-0.39, 0.29) is 0 Å². The fraction of sp³-hybridized carbons (Fsp3) is 0.0345. The van der Waals surface area contributed by atoms with Crippen molar-refractivity contribution >= 4 is 21.5 Å². The van der Waals surface area contributed by atoms with Crippen LogP contribution in [0.25, 0.3) is 89.9 Å². The summed E-state index contributed by atoms with van der Waals surface area (Å²) >= 11 is 0. The normalized spacial score (nSPS) is 11.5. The maximum absolute atomic E-state index is 5.12. The molecule has 0 saturated heterocycles. The van der Waals surface area contributed by atoms with Crippen LogP contribution in [0.2, 0.25) is 0 Å². The molecular formula is C58H40N6. The molecule has 11 aromatic rings. The molecule has 6 heteroatoms. The van der Waals surface area contributed by atoms with Gasteiger partial charge in [0, 0.05) is 38.8 Å². The molecule has 0 amide bonds. The molecule has 11 rings (SSSR count). The lowest BCUT2D eigenvalue weighted by atomic mass is 9.71. The summed E-state index contributed by atoms with van der Waals surface area (Å²) in [7, 11) is 0. The van der Waals surface area contributed by atoms with Gasteiger partial charge in [0.1, 0.15) is 0 Å². The molecule has 0 N–H and O–H groups in total. The topological polar surface area (TPSA) is 77.3 Å². The molecule has 0 unspecified atom stereocenters. The summed E-state index contributed by atoms with van der Waals surface area (Å²) in [6.07, 6.45) is 0. The SMILES string of the molecule is CC(c1ccccc1)(c1ccc(-c2nc(-c3ccccc3)nc(-c3cccc4ccccc34)n2)cc1)c1ccc(-c2nc(-c3ccccc3)nc(-c3cccc4ccccc34)n2)cc1. The van der Waals surface area contributed by atoms with Crippen molar-refractivity contribution in [2.45, 2.75) is 12.3 Å². The van der Waals surface area contributed by atoms with Crippen LogP contribution >= 0.6 is 0 Å². The molecular weight excluding hydrogens is 781 g/mol. The average Bonchev–Trinajstić information content (AvgIpc) is 3.38. The minimum absolute atomic E-state index is 0.511. The van der Waals surface area contributed by atoms with Crippen LogP contribution in [0.1, 0.15) is 23.6 Å². The largest absolute Gasteiger partial charge is 0.208 e. The molecule has 2 heterocycles. The Balaban J connectivity index is 0.993. The van der Waals surface area contributed by atoms with E-state index in [9.17, 15) is 0 Å². The molecule has 0 aliphatic heterocycles. The van der Waals surface area contributed by atoms with Crippen LogP contribution in [0.5, 0.6) is 0 Å². The third-order valence-electron chi connectivity index (χ3n) is 12.2. The predicted octanol–water partition coefficient (Wildman–Crippen LogP) is 13.7. The Labute approximate surface area is 371 Å². The molecule has 0 atom stereocenters. The second-order valence-corrected chi connectivity index (χ2v) is 16.0. The van der Waals surface area contributed by atoms with Crippen molar-refractivity contribution in [3.63, 3.8) is 0 Å². The highest BCUT2D eigenvalue weighted by molar-refractivity contribution is 5.96. The second kappa shape index (κ2) is 16.4. The first kappa shape index (κ1) is 38.4. The van der Waals surface area contributed by atoms with Gasteiger partial charge < -0.3 is 0 Å². The molecule has 0 fully saturated rings. The van der Waals surface area contributed by atoms with Crippen LogP contribution in [0.15, 0.2) is 224 Å². The lowest BCUT2D eigenvalue weighted by Crippen LogP contribution is -2.25. The quantitative estimate of drug-likeness (QED) is 0.135. The number of hydrogen-bond donors (Lipinski definition) is 0. The number of nitrogens with zero attached hydrogens (tertiary/aromatic N) is 6. The Hall–Kier alpha value is -8.48. The van der Waals surface area contributed by atoms with Crippen LogP contribution in [-0.2, 0) is 5.41 Å². The number of aromatic nitrogens is 6. The molecule has 6 nitrogen and oxygen atoms in total. The van der Waals surface area contributed by atoms with E-state index < -0.39 is 5.41 Å². The Bertz CT molecular complexity index is 3210. The van der Waals surface area contributed by atoms with Crippen molar-refractivity contribution in [1.82, 2.24) is 29.9 Å². The van der Waals surface area contributed by atoms with Gasteiger partial charge in [-0.1, -0.05) is 224 Å². The maximum Gasteiger partial charge on any atom is 0.164 e. The van der Waals surface area contributed by atoms with Crippen molar-refractivity contribution in [1.29, 1.82) is 0 Å². The molecule has 0 saturated carbocycles. The number of rotatable bonds is 9. The Kier molecular flexibility index (Phi) is 9.86. The summed E-state index contributed by atoms with van der Waals surface area (Å²) in [5, 5.41) is 4.46. The van der Waals surface area contributed by atoms with Gasteiger partial charge in [0.15, 0.2) is 34.9 Å². The first-order valence-corrected chi connectivity index (χ1v) is 21.5. The minimum Gasteiger partial charge on any atom is -0.208 e. The molecule has 64 heavy (non-hydrogen) atoms. The highest BCUT2D eigenvalue weighted by Gasteiger charge is 2.31. The molecule has 2 aromatic heterocycles. The van der Waals surface area contributed by atoms with Crippen molar-refractivity contribution in [2.75, 3.05) is 0 Å². The molecule has 0 bridgehead atoms. The highest BCUT2D eigenvalue weighted by Crippen LogP contribution is 2.41. The monoisotopic (exact) mass is 820 g/mol. The zero-order valence-electron chi connectivity index (χ0n) is 35.0. The van der Waals surface area contributed by atoms with Crippen LogP contribution in [0.3, 0.4) is 0 Å². The third kappa shape index (κ3) is 7.17. The molecule has 0 spiro atoms.